The third-order valence-corrected chi connectivity index (χ3v) is 9.45. The first-order chi connectivity index (χ1) is 10.7. The summed E-state index contributed by atoms with van der Waals surface area (Å²) in [5, 5.41) is 1.50. The number of carbonyl (C=O) groups is 1. The average molecular weight is 306 g/mol. The maximum Gasteiger partial charge on any atom is 0.121 e. The molecule has 0 radical (unpaired) electrons. The van der Waals surface area contributed by atoms with Gasteiger partial charge in [-0.25, -0.2) is 0 Å². The summed E-state index contributed by atoms with van der Waals surface area (Å²) in [7, 11) is -1.64. The Labute approximate surface area is 133 Å². The smallest absolute Gasteiger partial charge is 0.121 e. The van der Waals surface area contributed by atoms with Gasteiger partial charge < -0.3 is 4.79 Å². The van der Waals surface area contributed by atoms with Crippen LogP contribution in [0.4, 0.5) is 0 Å². The molecule has 0 spiro atoms. The van der Waals surface area contributed by atoms with Gasteiger partial charge in [-0.1, -0.05) is 72.4 Å². The van der Waals surface area contributed by atoms with Gasteiger partial charge in [0.2, 0.25) is 0 Å². The summed E-state index contributed by atoms with van der Waals surface area (Å²) >= 11 is 0. The number of hydrogen-bond acceptors (Lipinski definition) is 1. The van der Waals surface area contributed by atoms with E-state index < -0.39 is 8.07 Å². The topological polar surface area (TPSA) is 17.1 Å². The highest BCUT2D eigenvalue weighted by molar-refractivity contribution is 6.92. The number of allylic oxidation sites excluding steroid dienone is 1. The number of fused-ring (bicyclic) bond motifs is 1. The molecule has 2 atom stereocenters. The Hall–Kier alpha value is -1.93. The summed E-state index contributed by atoms with van der Waals surface area (Å²) in [6.45, 7) is 6.41. The third kappa shape index (κ3) is 2.19. The molecule has 2 heteroatoms. The van der Waals surface area contributed by atoms with E-state index in [0.717, 1.165) is 18.4 Å². The quantitative estimate of drug-likeness (QED) is 0.463. The lowest BCUT2D eigenvalue weighted by molar-refractivity contribution is -0.108. The highest BCUT2D eigenvalue weighted by Crippen LogP contribution is 2.48. The van der Waals surface area contributed by atoms with E-state index in [2.05, 4.69) is 67.7 Å². The third-order valence-electron chi connectivity index (χ3n) is 5.14. The van der Waals surface area contributed by atoms with E-state index >= 15 is 0 Å². The molecule has 1 heterocycles. The first kappa shape index (κ1) is 15.0. The van der Waals surface area contributed by atoms with Crippen molar-refractivity contribution >= 4 is 19.5 Å². The van der Waals surface area contributed by atoms with Crippen molar-refractivity contribution in [3.8, 4) is 0 Å². The summed E-state index contributed by atoms with van der Waals surface area (Å²) in [4.78, 5) is 11.5. The minimum absolute atomic E-state index is 0.149. The first-order valence-electron chi connectivity index (χ1n) is 7.86. The molecule has 0 N–H and O–H groups in total. The number of aldehydes is 1. The van der Waals surface area contributed by atoms with Crippen LogP contribution < -0.4 is 5.19 Å². The Bertz CT molecular complexity index is 694. The lowest BCUT2D eigenvalue weighted by Gasteiger charge is -2.31. The van der Waals surface area contributed by atoms with Crippen LogP contribution in [0.25, 0.3) is 0 Å². The normalized spacial score (nSPS) is 26.4. The van der Waals surface area contributed by atoms with Crippen LogP contribution in [-0.4, -0.2) is 14.4 Å². The summed E-state index contributed by atoms with van der Waals surface area (Å²) < 4.78 is 0. The Kier molecular flexibility index (Phi) is 3.88. The average Bonchev–Trinajstić information content (AvgIpc) is 2.80. The summed E-state index contributed by atoms with van der Waals surface area (Å²) in [5.74, 6) is 0. The molecule has 0 unspecified atom stereocenters. The lowest BCUT2D eigenvalue weighted by Crippen LogP contribution is -2.41. The van der Waals surface area contributed by atoms with Gasteiger partial charge in [0.25, 0.3) is 0 Å². The molecule has 0 aromatic heterocycles. The van der Waals surface area contributed by atoms with Gasteiger partial charge in [-0.05, 0) is 23.2 Å². The molecular formula is C20H22OSi. The second-order valence-corrected chi connectivity index (χ2v) is 11.0. The van der Waals surface area contributed by atoms with Gasteiger partial charge in [-0.3, -0.25) is 0 Å². The molecule has 1 nitrogen and oxygen atoms in total. The number of carbonyl (C=O) groups excluding carboxylic acids is 1. The summed E-state index contributed by atoms with van der Waals surface area (Å²) in [5.41, 5.74) is 2.49. The molecule has 2 aromatic rings. The second kappa shape index (κ2) is 5.69. The lowest BCUT2D eigenvalue weighted by atomic mass is 9.74. The number of hydrogen-bond donors (Lipinski definition) is 0. The number of benzene rings is 2. The van der Waals surface area contributed by atoms with E-state index in [4.69, 9.17) is 0 Å². The zero-order valence-electron chi connectivity index (χ0n) is 13.1. The van der Waals surface area contributed by atoms with Crippen molar-refractivity contribution in [3.63, 3.8) is 0 Å². The number of rotatable bonds is 5. The molecule has 0 bridgehead atoms. The second-order valence-electron chi connectivity index (χ2n) is 6.59. The minimum Gasteiger partial charge on any atom is -0.303 e. The van der Waals surface area contributed by atoms with Crippen LogP contribution in [0, 0.1) is 0 Å². The molecular weight excluding hydrogens is 284 g/mol. The van der Waals surface area contributed by atoms with Gasteiger partial charge in [0.15, 0.2) is 0 Å². The van der Waals surface area contributed by atoms with Gasteiger partial charge in [0, 0.05) is 11.8 Å². The van der Waals surface area contributed by atoms with Crippen molar-refractivity contribution in [2.24, 2.45) is 0 Å². The molecule has 112 valence electrons. The van der Waals surface area contributed by atoms with Gasteiger partial charge in [-0.15, -0.1) is 6.58 Å². The minimum atomic E-state index is -1.64. The van der Waals surface area contributed by atoms with E-state index in [-0.39, 0.29) is 5.41 Å². The van der Waals surface area contributed by atoms with Gasteiger partial charge in [0.05, 0.1) is 8.07 Å². The molecule has 0 fully saturated rings. The first-order valence-corrected chi connectivity index (χ1v) is 10.8. The standard InChI is InChI=1S/C20H22OSi/c1-3-15-22(2)16-20(13-14-21,17-9-5-4-6-10-17)18-11-7-8-12-19(18)22/h3-12,14H,1,13,15-16H2,2H3/t20-,22+/m1/s1. The van der Waals surface area contributed by atoms with E-state index in [0.29, 0.717) is 6.42 Å². The molecule has 3 rings (SSSR count). The van der Waals surface area contributed by atoms with Crippen LogP contribution in [0.5, 0.6) is 0 Å². The van der Waals surface area contributed by atoms with Crippen LogP contribution in [0.15, 0.2) is 67.3 Å². The van der Waals surface area contributed by atoms with Crippen molar-refractivity contribution in [3.05, 3.63) is 78.4 Å². The Balaban J connectivity index is 2.24. The fourth-order valence-electron chi connectivity index (χ4n) is 4.24. The SMILES string of the molecule is C=CC[Si@@]1(C)C[C@](CC=O)(c2ccccc2)c2ccccc21. The van der Waals surface area contributed by atoms with Gasteiger partial charge >= 0.3 is 0 Å². The van der Waals surface area contributed by atoms with Crippen molar-refractivity contribution in [2.45, 2.75) is 30.5 Å². The maximum atomic E-state index is 11.5. The molecule has 1 aliphatic rings. The van der Waals surface area contributed by atoms with Crippen molar-refractivity contribution in [1.29, 1.82) is 0 Å². The van der Waals surface area contributed by atoms with Crippen LogP contribution in [0.1, 0.15) is 17.5 Å². The van der Waals surface area contributed by atoms with Gasteiger partial charge in [0.1, 0.15) is 6.29 Å². The van der Waals surface area contributed by atoms with Crippen LogP contribution in [0.2, 0.25) is 18.6 Å². The zero-order valence-corrected chi connectivity index (χ0v) is 14.1. The predicted molar refractivity (Wildman–Crippen MR) is 95.4 cm³/mol. The van der Waals surface area contributed by atoms with Crippen molar-refractivity contribution in [2.75, 3.05) is 0 Å². The highest BCUT2D eigenvalue weighted by atomic mass is 28.3. The predicted octanol–water partition coefficient (Wildman–Crippen LogP) is 4.05. The van der Waals surface area contributed by atoms with Crippen LogP contribution >= 0.6 is 0 Å². The monoisotopic (exact) mass is 306 g/mol. The Morgan fingerprint density at radius 1 is 1.14 bits per heavy atom. The summed E-state index contributed by atoms with van der Waals surface area (Å²) in [6, 6.07) is 21.5. The largest absolute Gasteiger partial charge is 0.303 e. The Morgan fingerprint density at radius 3 is 2.50 bits per heavy atom. The zero-order chi connectivity index (χ0) is 15.6. The fourth-order valence-corrected chi connectivity index (χ4v) is 8.78. The maximum absolute atomic E-state index is 11.5. The van der Waals surface area contributed by atoms with Crippen LogP contribution in [0.3, 0.4) is 0 Å². The highest BCUT2D eigenvalue weighted by Gasteiger charge is 2.50. The van der Waals surface area contributed by atoms with Crippen molar-refractivity contribution in [1.82, 2.24) is 0 Å². The van der Waals surface area contributed by atoms with Gasteiger partial charge in [-0.2, -0.15) is 0 Å². The fraction of sp³-hybridized carbons (Fsp3) is 0.250. The van der Waals surface area contributed by atoms with Crippen LogP contribution in [-0.2, 0) is 10.2 Å². The molecule has 0 amide bonds. The summed E-state index contributed by atoms with van der Waals surface area (Å²) in [6.07, 6.45) is 3.72. The molecule has 1 aliphatic heterocycles. The van der Waals surface area contributed by atoms with E-state index in [1.54, 1.807) is 0 Å². The molecule has 0 saturated heterocycles. The van der Waals surface area contributed by atoms with E-state index in [9.17, 15) is 4.79 Å². The molecule has 2 aromatic carbocycles. The van der Waals surface area contributed by atoms with Crippen molar-refractivity contribution < 1.29 is 4.79 Å². The van der Waals surface area contributed by atoms with E-state index in [1.807, 2.05) is 6.07 Å². The Morgan fingerprint density at radius 2 is 1.82 bits per heavy atom. The molecule has 22 heavy (non-hydrogen) atoms. The van der Waals surface area contributed by atoms with E-state index in [1.165, 1.54) is 16.3 Å². The molecule has 0 saturated carbocycles. The molecule has 0 aliphatic carbocycles.